The second-order valence-corrected chi connectivity index (χ2v) is 5.29. The molecule has 0 aromatic carbocycles. The number of carbonyl (C=O) groups excluding carboxylic acids is 1. The fourth-order valence-corrected chi connectivity index (χ4v) is 2.16. The van der Waals surface area contributed by atoms with Gasteiger partial charge < -0.3 is 14.9 Å². The molecule has 0 spiro atoms. The lowest BCUT2D eigenvalue weighted by atomic mass is 10.0. The Balaban J connectivity index is 2.75. The largest absolute Gasteiger partial charge is 0.481 e. The van der Waals surface area contributed by atoms with Gasteiger partial charge in [-0.05, 0) is 27.2 Å². The molecular formula is C11H20N2O3. The van der Waals surface area contributed by atoms with Gasteiger partial charge >= 0.3 is 12.0 Å². The van der Waals surface area contributed by atoms with Crippen LogP contribution in [0.2, 0.25) is 0 Å². The summed E-state index contributed by atoms with van der Waals surface area (Å²) >= 11 is 0. The lowest BCUT2D eigenvalue weighted by Gasteiger charge is -2.35. The number of carboxylic acid groups (broad SMARTS) is 1. The average molecular weight is 228 g/mol. The van der Waals surface area contributed by atoms with Crippen LogP contribution in [-0.2, 0) is 4.79 Å². The molecule has 1 fully saturated rings. The summed E-state index contributed by atoms with van der Waals surface area (Å²) in [6.07, 6.45) is 0.626. The highest BCUT2D eigenvalue weighted by Gasteiger charge is 2.41. The molecule has 1 rings (SSSR count). The Morgan fingerprint density at radius 2 is 2.06 bits per heavy atom. The molecule has 16 heavy (non-hydrogen) atoms. The van der Waals surface area contributed by atoms with E-state index in [-0.39, 0.29) is 24.0 Å². The molecule has 1 heterocycles. The topological polar surface area (TPSA) is 60.9 Å². The lowest BCUT2D eigenvalue weighted by Crippen LogP contribution is -2.48. The van der Waals surface area contributed by atoms with Crippen LogP contribution < -0.4 is 0 Å². The third kappa shape index (κ3) is 2.65. The van der Waals surface area contributed by atoms with Crippen LogP contribution in [-0.4, -0.2) is 52.1 Å². The van der Waals surface area contributed by atoms with E-state index in [1.54, 1.807) is 16.8 Å². The van der Waals surface area contributed by atoms with E-state index in [2.05, 4.69) is 0 Å². The Labute approximate surface area is 96.0 Å². The maximum Gasteiger partial charge on any atom is 0.320 e. The Morgan fingerprint density at radius 3 is 2.50 bits per heavy atom. The number of rotatable bonds is 3. The van der Waals surface area contributed by atoms with Crippen molar-refractivity contribution in [3.8, 4) is 0 Å². The summed E-state index contributed by atoms with van der Waals surface area (Å²) in [5.41, 5.74) is -0.259. The second-order valence-electron chi connectivity index (χ2n) is 5.29. The average Bonchev–Trinajstić information content (AvgIpc) is 2.38. The Morgan fingerprint density at radius 1 is 1.50 bits per heavy atom. The van der Waals surface area contributed by atoms with Crippen molar-refractivity contribution < 1.29 is 14.7 Å². The van der Waals surface area contributed by atoms with E-state index in [0.717, 1.165) is 0 Å². The third-order valence-corrected chi connectivity index (χ3v) is 2.80. The molecule has 0 aromatic heterocycles. The normalized spacial score (nSPS) is 21.8. The van der Waals surface area contributed by atoms with Gasteiger partial charge in [-0.15, -0.1) is 0 Å². The summed E-state index contributed by atoms with van der Waals surface area (Å²) in [4.78, 5) is 25.9. The zero-order chi connectivity index (χ0) is 12.5. The molecule has 92 valence electrons. The van der Waals surface area contributed by atoms with Crippen molar-refractivity contribution in [3.05, 3.63) is 0 Å². The zero-order valence-corrected chi connectivity index (χ0v) is 10.4. The first kappa shape index (κ1) is 12.8. The van der Waals surface area contributed by atoms with E-state index in [1.165, 1.54) is 0 Å². The van der Waals surface area contributed by atoms with Crippen LogP contribution in [0.25, 0.3) is 0 Å². The van der Waals surface area contributed by atoms with Crippen molar-refractivity contribution in [1.29, 1.82) is 0 Å². The first-order valence-corrected chi connectivity index (χ1v) is 5.49. The van der Waals surface area contributed by atoms with Gasteiger partial charge in [0, 0.05) is 25.6 Å². The molecule has 0 saturated carbocycles. The molecule has 1 aliphatic rings. The predicted molar refractivity (Wildman–Crippen MR) is 60.3 cm³/mol. The number of hydrogen-bond donors (Lipinski definition) is 1. The minimum Gasteiger partial charge on any atom is -0.481 e. The van der Waals surface area contributed by atoms with Crippen molar-refractivity contribution in [3.63, 3.8) is 0 Å². The number of carboxylic acids is 1. The van der Waals surface area contributed by atoms with Crippen molar-refractivity contribution in [2.24, 2.45) is 0 Å². The fraction of sp³-hybridized carbons (Fsp3) is 0.818. The number of hydrogen-bond acceptors (Lipinski definition) is 2. The molecule has 5 nitrogen and oxygen atoms in total. The molecule has 0 aliphatic carbocycles. The highest BCUT2D eigenvalue weighted by atomic mass is 16.4. The molecule has 1 unspecified atom stereocenters. The number of amides is 2. The second kappa shape index (κ2) is 4.31. The minimum atomic E-state index is -0.809. The van der Waals surface area contributed by atoms with Crippen molar-refractivity contribution in [2.45, 2.75) is 45.2 Å². The minimum absolute atomic E-state index is 0.00796. The van der Waals surface area contributed by atoms with Gasteiger partial charge in [-0.3, -0.25) is 4.79 Å². The SMILES string of the molecule is CN1CC(CCC(=O)O)N(C(C)(C)C)C1=O. The quantitative estimate of drug-likeness (QED) is 0.794. The van der Waals surface area contributed by atoms with Crippen LogP contribution in [0.4, 0.5) is 4.79 Å². The highest BCUT2D eigenvalue weighted by Crippen LogP contribution is 2.27. The van der Waals surface area contributed by atoms with E-state index >= 15 is 0 Å². The molecule has 2 amide bonds. The van der Waals surface area contributed by atoms with Crippen molar-refractivity contribution in [1.82, 2.24) is 9.80 Å². The Kier molecular flexibility index (Phi) is 3.45. The van der Waals surface area contributed by atoms with E-state index in [9.17, 15) is 9.59 Å². The molecule has 0 aromatic rings. The zero-order valence-electron chi connectivity index (χ0n) is 10.4. The number of likely N-dealkylation sites (N-methyl/N-ethyl adjacent to an activating group) is 1. The summed E-state index contributed by atoms with van der Waals surface area (Å²) in [7, 11) is 1.75. The van der Waals surface area contributed by atoms with Gasteiger partial charge in [-0.25, -0.2) is 4.79 Å². The standard InChI is InChI=1S/C11H20N2O3/c1-11(2,3)13-8(5-6-9(14)15)7-12(4)10(13)16/h8H,5-7H2,1-4H3,(H,14,15). The summed E-state index contributed by atoms with van der Waals surface area (Å²) in [5.74, 6) is -0.809. The highest BCUT2D eigenvalue weighted by molar-refractivity contribution is 5.78. The molecule has 1 N–H and O–H groups in total. The van der Waals surface area contributed by atoms with Gasteiger partial charge in [-0.2, -0.15) is 0 Å². The number of carbonyl (C=O) groups is 2. The molecular weight excluding hydrogens is 208 g/mol. The third-order valence-electron chi connectivity index (χ3n) is 2.80. The summed E-state index contributed by atoms with van der Waals surface area (Å²) in [6.45, 7) is 6.52. The monoisotopic (exact) mass is 228 g/mol. The van der Waals surface area contributed by atoms with Gasteiger partial charge in [0.05, 0.1) is 6.04 Å². The molecule has 1 saturated heterocycles. The van der Waals surface area contributed by atoms with Crippen molar-refractivity contribution >= 4 is 12.0 Å². The molecule has 5 heteroatoms. The summed E-state index contributed by atoms with van der Waals surface area (Å²) in [6, 6.07) is -0.00325. The van der Waals surface area contributed by atoms with E-state index < -0.39 is 5.97 Å². The first-order chi connectivity index (χ1) is 7.23. The van der Waals surface area contributed by atoms with Crippen LogP contribution >= 0.6 is 0 Å². The molecule has 1 atom stereocenters. The number of aliphatic carboxylic acids is 1. The Bertz CT molecular complexity index is 296. The smallest absolute Gasteiger partial charge is 0.320 e. The van der Waals surface area contributed by atoms with Gasteiger partial charge in [0.25, 0.3) is 0 Å². The molecule has 0 radical (unpaired) electrons. The van der Waals surface area contributed by atoms with Crippen LogP contribution in [0, 0.1) is 0 Å². The van der Waals surface area contributed by atoms with Crippen LogP contribution in [0.15, 0.2) is 0 Å². The number of nitrogens with zero attached hydrogens (tertiary/aromatic N) is 2. The van der Waals surface area contributed by atoms with Crippen LogP contribution in [0.5, 0.6) is 0 Å². The maximum atomic E-state index is 11.9. The first-order valence-electron chi connectivity index (χ1n) is 5.49. The van der Waals surface area contributed by atoms with Crippen LogP contribution in [0.3, 0.4) is 0 Å². The van der Waals surface area contributed by atoms with Gasteiger partial charge in [0.1, 0.15) is 0 Å². The fourth-order valence-electron chi connectivity index (χ4n) is 2.16. The number of urea groups is 1. The van der Waals surface area contributed by atoms with E-state index in [4.69, 9.17) is 5.11 Å². The molecule has 0 bridgehead atoms. The van der Waals surface area contributed by atoms with E-state index in [1.807, 2.05) is 20.8 Å². The Hall–Kier alpha value is -1.26. The van der Waals surface area contributed by atoms with Gasteiger partial charge in [-0.1, -0.05) is 0 Å². The van der Waals surface area contributed by atoms with Crippen LogP contribution in [0.1, 0.15) is 33.6 Å². The maximum absolute atomic E-state index is 11.9. The van der Waals surface area contributed by atoms with Crippen molar-refractivity contribution in [2.75, 3.05) is 13.6 Å². The van der Waals surface area contributed by atoms with Gasteiger partial charge in [0.15, 0.2) is 0 Å². The lowest BCUT2D eigenvalue weighted by molar-refractivity contribution is -0.137. The van der Waals surface area contributed by atoms with Gasteiger partial charge in [0.2, 0.25) is 0 Å². The summed E-state index contributed by atoms with van der Waals surface area (Å²) < 4.78 is 0. The molecule has 1 aliphatic heterocycles. The summed E-state index contributed by atoms with van der Waals surface area (Å²) in [5, 5.41) is 8.68. The van der Waals surface area contributed by atoms with E-state index in [0.29, 0.717) is 13.0 Å². The predicted octanol–water partition coefficient (Wildman–Crippen LogP) is 1.39.